The average molecular weight is 557 g/mol. The maximum Gasteiger partial charge on any atom is 0.219 e. The van der Waals surface area contributed by atoms with Crippen molar-refractivity contribution in [2.24, 2.45) is 10.9 Å². The number of aliphatic imine (C=N–C) groups is 1. The van der Waals surface area contributed by atoms with Gasteiger partial charge in [-0.2, -0.15) is 0 Å². The van der Waals surface area contributed by atoms with Crippen LogP contribution in [0.4, 0.5) is 4.39 Å². The van der Waals surface area contributed by atoms with E-state index in [1.54, 1.807) is 31.4 Å². The minimum Gasteiger partial charge on any atom is -0.439 e. The summed E-state index contributed by atoms with van der Waals surface area (Å²) in [5.74, 6) is 1.85. The van der Waals surface area contributed by atoms with E-state index in [0.717, 1.165) is 31.8 Å². The maximum absolute atomic E-state index is 13.3. The zero-order chi connectivity index (χ0) is 22.1. The molecule has 3 rings (SSSR count). The van der Waals surface area contributed by atoms with Gasteiger partial charge in [-0.25, -0.2) is 9.37 Å². The summed E-state index contributed by atoms with van der Waals surface area (Å²) >= 11 is 0. The predicted octanol–water partition coefficient (Wildman–Crippen LogP) is 3.65. The molecule has 1 saturated heterocycles. The Hall–Kier alpha value is -1.98. The van der Waals surface area contributed by atoms with Gasteiger partial charge < -0.3 is 20.1 Å². The summed E-state index contributed by atoms with van der Waals surface area (Å²) < 4.78 is 24.7. The van der Waals surface area contributed by atoms with Crippen LogP contribution in [0.5, 0.6) is 11.6 Å². The molecule has 0 bridgehead atoms. The third-order valence-electron chi connectivity index (χ3n) is 4.84. The summed E-state index contributed by atoms with van der Waals surface area (Å²) in [7, 11) is 1.75. The second kappa shape index (κ2) is 13.5. The van der Waals surface area contributed by atoms with Gasteiger partial charge in [0.25, 0.3) is 0 Å². The van der Waals surface area contributed by atoms with Gasteiger partial charge in [0.15, 0.2) is 5.96 Å². The van der Waals surface area contributed by atoms with Gasteiger partial charge in [0.1, 0.15) is 11.6 Å². The van der Waals surface area contributed by atoms with Crippen LogP contribution in [-0.4, -0.2) is 61.8 Å². The molecule has 0 radical (unpaired) electrons. The molecule has 9 heteroatoms. The molecule has 0 spiro atoms. The second-order valence-electron chi connectivity index (χ2n) is 8.02. The van der Waals surface area contributed by atoms with Crippen LogP contribution in [0.25, 0.3) is 0 Å². The fourth-order valence-corrected chi connectivity index (χ4v) is 3.43. The van der Waals surface area contributed by atoms with Crippen molar-refractivity contribution < 1.29 is 13.9 Å². The normalized spacial score (nSPS) is 17.0. The number of hydrogen-bond acceptors (Lipinski definition) is 5. The van der Waals surface area contributed by atoms with Crippen LogP contribution in [0, 0.1) is 11.7 Å². The van der Waals surface area contributed by atoms with Crippen molar-refractivity contribution in [2.45, 2.75) is 26.5 Å². The molecule has 2 aromatic rings. The van der Waals surface area contributed by atoms with Crippen LogP contribution in [0.15, 0.2) is 47.6 Å². The molecular weight excluding hydrogens is 524 g/mol. The molecule has 2 N–H and O–H groups in total. The van der Waals surface area contributed by atoms with Crippen LogP contribution in [0.3, 0.4) is 0 Å². The topological polar surface area (TPSA) is 71.0 Å². The number of ether oxygens (including phenoxy) is 2. The van der Waals surface area contributed by atoms with E-state index in [-0.39, 0.29) is 35.9 Å². The minimum absolute atomic E-state index is 0. The van der Waals surface area contributed by atoms with Crippen molar-refractivity contribution in [2.75, 3.05) is 39.8 Å². The number of aromatic nitrogens is 1. The van der Waals surface area contributed by atoms with Crippen molar-refractivity contribution in [3.05, 3.63) is 54.0 Å². The molecule has 1 aromatic heterocycles. The molecule has 1 aliphatic rings. The van der Waals surface area contributed by atoms with Gasteiger partial charge in [-0.1, -0.05) is 26.0 Å². The molecule has 0 aliphatic carbocycles. The molecule has 176 valence electrons. The summed E-state index contributed by atoms with van der Waals surface area (Å²) in [5.41, 5.74) is 0.978. The summed E-state index contributed by atoms with van der Waals surface area (Å²) in [6, 6.07) is 9.66. The van der Waals surface area contributed by atoms with Crippen molar-refractivity contribution in [3.8, 4) is 11.6 Å². The highest BCUT2D eigenvalue weighted by Crippen LogP contribution is 2.20. The summed E-state index contributed by atoms with van der Waals surface area (Å²) in [6.45, 7) is 9.53. The Morgan fingerprint density at radius 3 is 2.84 bits per heavy atom. The lowest BCUT2D eigenvalue weighted by atomic mass is 10.2. The lowest BCUT2D eigenvalue weighted by molar-refractivity contribution is -0.0284. The van der Waals surface area contributed by atoms with E-state index < -0.39 is 0 Å². The largest absolute Gasteiger partial charge is 0.439 e. The number of guanidine groups is 1. The summed E-state index contributed by atoms with van der Waals surface area (Å²) in [5, 5.41) is 6.62. The highest BCUT2D eigenvalue weighted by molar-refractivity contribution is 14.0. The molecule has 2 heterocycles. The van der Waals surface area contributed by atoms with Gasteiger partial charge in [-0.15, -0.1) is 24.0 Å². The SMILES string of the molecule is CN=C(NCc1ccc(Oc2cccc(F)c2)nc1)NCC1CN(CC(C)C)CCO1.I. The number of nitrogens with one attached hydrogen (secondary N) is 2. The second-order valence-corrected chi connectivity index (χ2v) is 8.02. The number of benzene rings is 1. The quantitative estimate of drug-likeness (QED) is 0.294. The average Bonchev–Trinajstić information content (AvgIpc) is 2.75. The first kappa shape index (κ1) is 26.3. The maximum atomic E-state index is 13.3. The molecule has 1 fully saturated rings. The Morgan fingerprint density at radius 1 is 1.31 bits per heavy atom. The third kappa shape index (κ3) is 8.87. The van der Waals surface area contributed by atoms with E-state index in [9.17, 15) is 4.39 Å². The van der Waals surface area contributed by atoms with E-state index in [0.29, 0.717) is 36.6 Å². The highest BCUT2D eigenvalue weighted by atomic mass is 127. The van der Waals surface area contributed by atoms with Crippen LogP contribution >= 0.6 is 24.0 Å². The van der Waals surface area contributed by atoms with Gasteiger partial charge in [-0.3, -0.25) is 9.89 Å². The molecular formula is C23H33FIN5O2. The van der Waals surface area contributed by atoms with Gasteiger partial charge in [0, 0.05) is 58.1 Å². The number of pyridine rings is 1. The van der Waals surface area contributed by atoms with Crippen molar-refractivity contribution in [1.82, 2.24) is 20.5 Å². The van der Waals surface area contributed by atoms with E-state index in [4.69, 9.17) is 9.47 Å². The van der Waals surface area contributed by atoms with Gasteiger partial charge in [0.05, 0.1) is 12.7 Å². The predicted molar refractivity (Wildman–Crippen MR) is 135 cm³/mol. The zero-order valence-electron chi connectivity index (χ0n) is 18.9. The first-order valence-corrected chi connectivity index (χ1v) is 10.7. The van der Waals surface area contributed by atoms with Crippen molar-refractivity contribution >= 4 is 29.9 Å². The van der Waals surface area contributed by atoms with Crippen LogP contribution in [0.1, 0.15) is 19.4 Å². The van der Waals surface area contributed by atoms with Gasteiger partial charge in [0.2, 0.25) is 5.88 Å². The summed E-state index contributed by atoms with van der Waals surface area (Å²) in [4.78, 5) is 11.0. The van der Waals surface area contributed by atoms with E-state index >= 15 is 0 Å². The Kier molecular flexibility index (Phi) is 11.1. The number of morpholine rings is 1. The number of hydrogen-bond donors (Lipinski definition) is 2. The van der Waals surface area contributed by atoms with Crippen molar-refractivity contribution in [3.63, 3.8) is 0 Å². The molecule has 1 unspecified atom stereocenters. The van der Waals surface area contributed by atoms with E-state index in [2.05, 4.69) is 39.4 Å². The number of rotatable bonds is 8. The lowest BCUT2D eigenvalue weighted by Gasteiger charge is -2.34. The Labute approximate surface area is 206 Å². The monoisotopic (exact) mass is 557 g/mol. The molecule has 1 aliphatic heterocycles. The Bertz CT molecular complexity index is 851. The van der Waals surface area contributed by atoms with Crippen LogP contribution < -0.4 is 15.4 Å². The molecule has 1 aromatic carbocycles. The highest BCUT2D eigenvalue weighted by Gasteiger charge is 2.21. The molecule has 0 amide bonds. The zero-order valence-corrected chi connectivity index (χ0v) is 21.2. The number of halogens is 2. The molecule has 32 heavy (non-hydrogen) atoms. The standard InChI is InChI=1S/C23H32FN5O2.HI/c1-17(2)15-29-9-10-30-21(16-29)14-28-23(25-3)27-13-18-7-8-22(26-12-18)31-20-6-4-5-19(24)11-20;/h4-8,11-12,17,21H,9-10,13-16H2,1-3H3,(H2,25,27,28);1H. The summed E-state index contributed by atoms with van der Waals surface area (Å²) in [6.07, 6.45) is 1.87. The number of nitrogens with zero attached hydrogens (tertiary/aromatic N) is 3. The lowest BCUT2D eigenvalue weighted by Crippen LogP contribution is -2.50. The first-order chi connectivity index (χ1) is 15.0. The van der Waals surface area contributed by atoms with Gasteiger partial charge >= 0.3 is 0 Å². The Morgan fingerprint density at radius 2 is 2.16 bits per heavy atom. The molecule has 0 saturated carbocycles. The molecule has 1 atom stereocenters. The third-order valence-corrected chi connectivity index (χ3v) is 4.84. The molecule has 7 nitrogen and oxygen atoms in total. The fourth-order valence-electron chi connectivity index (χ4n) is 3.43. The van der Waals surface area contributed by atoms with Crippen molar-refractivity contribution in [1.29, 1.82) is 0 Å². The fraction of sp³-hybridized carbons (Fsp3) is 0.478. The van der Waals surface area contributed by atoms with Gasteiger partial charge in [-0.05, 0) is 23.6 Å². The van der Waals surface area contributed by atoms with E-state index in [1.807, 2.05) is 6.07 Å². The smallest absolute Gasteiger partial charge is 0.219 e. The van der Waals surface area contributed by atoms with Crippen LogP contribution in [0.2, 0.25) is 0 Å². The first-order valence-electron chi connectivity index (χ1n) is 10.7. The van der Waals surface area contributed by atoms with E-state index in [1.165, 1.54) is 12.1 Å². The minimum atomic E-state index is -0.344. The van der Waals surface area contributed by atoms with Crippen LogP contribution in [-0.2, 0) is 11.3 Å². The Balaban J connectivity index is 0.00000363.